The van der Waals surface area contributed by atoms with Crippen LogP contribution in [-0.4, -0.2) is 19.3 Å². The largest absolute Gasteiger partial charge is 0.381 e. The normalized spacial score (nSPS) is 23.4. The molecule has 2 atom stereocenters. The average Bonchev–Trinajstić information content (AvgIpc) is 2.79. The number of hydrogen-bond acceptors (Lipinski definition) is 3. The third-order valence-electron chi connectivity index (χ3n) is 3.18. The molecule has 0 amide bonds. The van der Waals surface area contributed by atoms with E-state index in [2.05, 4.69) is 27.3 Å². The van der Waals surface area contributed by atoms with Gasteiger partial charge in [0.2, 0.25) is 0 Å². The zero-order valence-electron chi connectivity index (χ0n) is 9.74. The first kappa shape index (κ1) is 12.4. The van der Waals surface area contributed by atoms with Gasteiger partial charge < -0.3 is 10.1 Å². The van der Waals surface area contributed by atoms with Crippen molar-refractivity contribution < 1.29 is 4.74 Å². The molecule has 17 heavy (non-hydrogen) atoms. The van der Waals surface area contributed by atoms with E-state index in [1.54, 1.807) is 7.11 Å². The van der Waals surface area contributed by atoms with Crippen molar-refractivity contribution in [1.29, 1.82) is 5.26 Å². The molecule has 4 heteroatoms. The standard InChI is InChI=1S/C13H15BrN2O/c1-17-11-4-3-10(7-11)16-13-5-2-9(8-15)6-12(13)14/h2,5-6,10-11,16H,3-4,7H2,1H3. The molecule has 0 heterocycles. The van der Waals surface area contributed by atoms with Crippen LogP contribution in [0.15, 0.2) is 22.7 Å². The summed E-state index contributed by atoms with van der Waals surface area (Å²) >= 11 is 3.48. The van der Waals surface area contributed by atoms with Crippen molar-refractivity contribution in [3.63, 3.8) is 0 Å². The quantitative estimate of drug-likeness (QED) is 0.930. The summed E-state index contributed by atoms with van der Waals surface area (Å²) in [6.45, 7) is 0. The minimum absolute atomic E-state index is 0.379. The Morgan fingerprint density at radius 1 is 1.47 bits per heavy atom. The number of nitrogens with zero attached hydrogens (tertiary/aromatic N) is 1. The fraction of sp³-hybridized carbons (Fsp3) is 0.462. The lowest BCUT2D eigenvalue weighted by molar-refractivity contribution is 0.108. The first-order chi connectivity index (χ1) is 8.22. The summed E-state index contributed by atoms with van der Waals surface area (Å²) in [5, 5.41) is 12.3. The van der Waals surface area contributed by atoms with E-state index in [0.717, 1.165) is 29.4 Å². The van der Waals surface area contributed by atoms with E-state index in [-0.39, 0.29) is 0 Å². The van der Waals surface area contributed by atoms with Gasteiger partial charge in [0.1, 0.15) is 0 Å². The van der Waals surface area contributed by atoms with Crippen LogP contribution in [0.5, 0.6) is 0 Å². The summed E-state index contributed by atoms with van der Waals surface area (Å²) in [5.41, 5.74) is 1.72. The molecule has 1 fully saturated rings. The highest BCUT2D eigenvalue weighted by molar-refractivity contribution is 9.10. The summed E-state index contributed by atoms with van der Waals surface area (Å²) in [5.74, 6) is 0. The predicted molar refractivity (Wildman–Crippen MR) is 70.9 cm³/mol. The van der Waals surface area contributed by atoms with Gasteiger partial charge in [0, 0.05) is 23.3 Å². The average molecular weight is 295 g/mol. The van der Waals surface area contributed by atoms with Crippen molar-refractivity contribution >= 4 is 21.6 Å². The zero-order chi connectivity index (χ0) is 12.3. The Morgan fingerprint density at radius 2 is 2.29 bits per heavy atom. The number of methoxy groups -OCH3 is 1. The van der Waals surface area contributed by atoms with Gasteiger partial charge in [-0.2, -0.15) is 5.26 Å². The van der Waals surface area contributed by atoms with Crippen LogP contribution in [0, 0.1) is 11.3 Å². The van der Waals surface area contributed by atoms with Crippen LogP contribution in [0.4, 0.5) is 5.69 Å². The third kappa shape index (κ3) is 2.99. The number of halogens is 1. The SMILES string of the molecule is COC1CCC(Nc2ccc(C#N)cc2Br)C1. The topological polar surface area (TPSA) is 45.0 Å². The fourth-order valence-electron chi connectivity index (χ4n) is 2.21. The molecule has 0 aliphatic heterocycles. The third-order valence-corrected chi connectivity index (χ3v) is 3.83. The summed E-state index contributed by atoms with van der Waals surface area (Å²) < 4.78 is 6.29. The number of ether oxygens (including phenoxy) is 1. The number of nitrogens with one attached hydrogen (secondary N) is 1. The molecule has 1 aliphatic carbocycles. The fourth-order valence-corrected chi connectivity index (χ4v) is 2.70. The Morgan fingerprint density at radius 3 is 2.88 bits per heavy atom. The van der Waals surface area contributed by atoms with Crippen LogP contribution < -0.4 is 5.32 Å². The highest BCUT2D eigenvalue weighted by Crippen LogP contribution is 2.29. The Balaban J connectivity index is 2.02. The molecule has 0 bridgehead atoms. The van der Waals surface area contributed by atoms with E-state index in [0.29, 0.717) is 17.7 Å². The van der Waals surface area contributed by atoms with Gasteiger partial charge in [-0.05, 0) is 53.4 Å². The summed E-state index contributed by atoms with van der Waals surface area (Å²) in [6.07, 6.45) is 3.67. The van der Waals surface area contributed by atoms with Crippen LogP contribution in [0.2, 0.25) is 0 Å². The van der Waals surface area contributed by atoms with Gasteiger partial charge in [-0.15, -0.1) is 0 Å². The minimum Gasteiger partial charge on any atom is -0.381 e. The molecule has 3 nitrogen and oxygen atoms in total. The van der Waals surface area contributed by atoms with E-state index in [9.17, 15) is 0 Å². The number of hydrogen-bond donors (Lipinski definition) is 1. The second kappa shape index (κ2) is 5.52. The molecule has 2 unspecified atom stereocenters. The monoisotopic (exact) mass is 294 g/mol. The Labute approximate surface area is 110 Å². The molecule has 1 aromatic rings. The van der Waals surface area contributed by atoms with Gasteiger partial charge >= 0.3 is 0 Å². The molecule has 1 saturated carbocycles. The molecule has 0 saturated heterocycles. The molecule has 0 aromatic heterocycles. The molecule has 0 radical (unpaired) electrons. The molecule has 90 valence electrons. The second-order valence-electron chi connectivity index (χ2n) is 4.32. The Bertz CT molecular complexity index is 442. The summed E-state index contributed by atoms with van der Waals surface area (Å²) in [7, 11) is 1.77. The van der Waals surface area contributed by atoms with Crippen LogP contribution in [0.1, 0.15) is 24.8 Å². The van der Waals surface area contributed by atoms with E-state index < -0.39 is 0 Å². The lowest BCUT2D eigenvalue weighted by atomic mass is 10.2. The highest BCUT2D eigenvalue weighted by Gasteiger charge is 2.24. The first-order valence-corrected chi connectivity index (χ1v) is 6.51. The smallest absolute Gasteiger partial charge is 0.0992 e. The van der Waals surface area contributed by atoms with Crippen molar-refractivity contribution in [1.82, 2.24) is 0 Å². The molecule has 2 rings (SSSR count). The molecular formula is C13H15BrN2O. The van der Waals surface area contributed by atoms with Gasteiger partial charge in [-0.25, -0.2) is 0 Å². The molecule has 1 N–H and O–H groups in total. The van der Waals surface area contributed by atoms with E-state index >= 15 is 0 Å². The van der Waals surface area contributed by atoms with Crippen molar-refractivity contribution in [2.24, 2.45) is 0 Å². The van der Waals surface area contributed by atoms with Crippen molar-refractivity contribution in [2.75, 3.05) is 12.4 Å². The molecule has 0 spiro atoms. The van der Waals surface area contributed by atoms with Gasteiger partial charge in [0.25, 0.3) is 0 Å². The van der Waals surface area contributed by atoms with E-state index in [1.165, 1.54) is 0 Å². The van der Waals surface area contributed by atoms with Crippen LogP contribution in [0.25, 0.3) is 0 Å². The maximum absolute atomic E-state index is 8.80. The van der Waals surface area contributed by atoms with Crippen LogP contribution in [0.3, 0.4) is 0 Å². The maximum Gasteiger partial charge on any atom is 0.0992 e. The lowest BCUT2D eigenvalue weighted by Crippen LogP contribution is -2.17. The lowest BCUT2D eigenvalue weighted by Gasteiger charge is -2.15. The summed E-state index contributed by atoms with van der Waals surface area (Å²) in [6, 6.07) is 8.20. The van der Waals surface area contributed by atoms with Crippen LogP contribution >= 0.6 is 15.9 Å². The maximum atomic E-state index is 8.80. The zero-order valence-corrected chi connectivity index (χ0v) is 11.3. The molecule has 1 aliphatic rings. The minimum atomic E-state index is 0.379. The number of benzene rings is 1. The van der Waals surface area contributed by atoms with Gasteiger partial charge in [0.05, 0.1) is 17.7 Å². The number of anilines is 1. The van der Waals surface area contributed by atoms with Gasteiger partial charge in [-0.1, -0.05) is 0 Å². The summed E-state index contributed by atoms with van der Waals surface area (Å²) in [4.78, 5) is 0. The van der Waals surface area contributed by atoms with Gasteiger partial charge in [0.15, 0.2) is 0 Å². The highest BCUT2D eigenvalue weighted by atomic mass is 79.9. The predicted octanol–water partition coefficient (Wildman–Crippen LogP) is 3.30. The van der Waals surface area contributed by atoms with Crippen molar-refractivity contribution in [3.05, 3.63) is 28.2 Å². The Hall–Kier alpha value is -1.05. The Kier molecular flexibility index (Phi) is 4.03. The van der Waals surface area contributed by atoms with Crippen molar-refractivity contribution in [2.45, 2.75) is 31.4 Å². The van der Waals surface area contributed by atoms with E-state index in [1.807, 2.05) is 18.2 Å². The van der Waals surface area contributed by atoms with E-state index in [4.69, 9.17) is 10.00 Å². The number of nitriles is 1. The van der Waals surface area contributed by atoms with Gasteiger partial charge in [-0.3, -0.25) is 0 Å². The first-order valence-electron chi connectivity index (χ1n) is 5.72. The van der Waals surface area contributed by atoms with Crippen LogP contribution in [-0.2, 0) is 4.74 Å². The van der Waals surface area contributed by atoms with Crippen molar-refractivity contribution in [3.8, 4) is 6.07 Å². The second-order valence-corrected chi connectivity index (χ2v) is 5.17. The molecule has 1 aromatic carbocycles. The number of rotatable bonds is 3. The molecular weight excluding hydrogens is 280 g/mol.